The van der Waals surface area contributed by atoms with Crippen LogP contribution in [0.25, 0.3) is 0 Å². The highest BCUT2D eigenvalue weighted by molar-refractivity contribution is 9.11. The standard InChI is InChI=1S/C10H12BrNO2S3/c1-3-5-15-6-4-12-17(13,14)9-7-8(2)10(11)16-9/h1,7,12H,4-6H2,2H3. The van der Waals surface area contributed by atoms with Crippen LogP contribution in [0, 0.1) is 19.3 Å². The number of terminal acetylenes is 1. The molecule has 0 spiro atoms. The van der Waals surface area contributed by atoms with Gasteiger partial charge in [-0.3, -0.25) is 0 Å². The van der Waals surface area contributed by atoms with Crippen molar-refractivity contribution in [1.82, 2.24) is 4.72 Å². The zero-order valence-electron chi connectivity index (χ0n) is 9.20. The van der Waals surface area contributed by atoms with Gasteiger partial charge < -0.3 is 0 Å². The normalized spacial score (nSPS) is 11.4. The van der Waals surface area contributed by atoms with E-state index in [1.165, 1.54) is 23.1 Å². The molecule has 1 aromatic rings. The van der Waals surface area contributed by atoms with Crippen LogP contribution in [0.5, 0.6) is 0 Å². The molecule has 0 aliphatic heterocycles. The lowest BCUT2D eigenvalue weighted by atomic mass is 10.4. The topological polar surface area (TPSA) is 46.2 Å². The number of thioether (sulfide) groups is 1. The van der Waals surface area contributed by atoms with Crippen molar-refractivity contribution in [2.75, 3.05) is 18.1 Å². The van der Waals surface area contributed by atoms with E-state index in [2.05, 4.69) is 26.6 Å². The van der Waals surface area contributed by atoms with Gasteiger partial charge in [0.1, 0.15) is 4.21 Å². The van der Waals surface area contributed by atoms with E-state index in [4.69, 9.17) is 6.42 Å². The lowest BCUT2D eigenvalue weighted by molar-refractivity contribution is 0.586. The quantitative estimate of drug-likeness (QED) is 0.631. The predicted octanol–water partition coefficient (Wildman–Crippen LogP) is 2.46. The number of sulfonamides is 1. The molecule has 0 atom stereocenters. The molecule has 0 radical (unpaired) electrons. The Balaban J connectivity index is 2.55. The summed E-state index contributed by atoms with van der Waals surface area (Å²) in [5.41, 5.74) is 0.928. The summed E-state index contributed by atoms with van der Waals surface area (Å²) in [4.78, 5) is 0. The summed E-state index contributed by atoms with van der Waals surface area (Å²) in [7, 11) is -3.38. The molecule has 3 nitrogen and oxygen atoms in total. The number of hydrogen-bond donors (Lipinski definition) is 1. The van der Waals surface area contributed by atoms with Gasteiger partial charge in [0.05, 0.1) is 9.54 Å². The molecular weight excluding hydrogens is 342 g/mol. The Morgan fingerprint density at radius 2 is 2.35 bits per heavy atom. The van der Waals surface area contributed by atoms with E-state index in [-0.39, 0.29) is 0 Å². The van der Waals surface area contributed by atoms with Gasteiger partial charge in [-0.15, -0.1) is 29.5 Å². The fourth-order valence-electron chi connectivity index (χ4n) is 1.01. The third-order valence-electron chi connectivity index (χ3n) is 1.82. The minimum Gasteiger partial charge on any atom is -0.210 e. The van der Waals surface area contributed by atoms with Crippen molar-refractivity contribution >= 4 is 49.1 Å². The lowest BCUT2D eigenvalue weighted by Crippen LogP contribution is -2.25. The molecule has 0 aliphatic carbocycles. The van der Waals surface area contributed by atoms with E-state index in [0.717, 1.165) is 9.35 Å². The van der Waals surface area contributed by atoms with Crippen LogP contribution < -0.4 is 4.72 Å². The third-order valence-corrected chi connectivity index (χ3v) is 6.76. The summed E-state index contributed by atoms with van der Waals surface area (Å²) in [6.45, 7) is 2.26. The van der Waals surface area contributed by atoms with E-state index in [9.17, 15) is 8.42 Å². The summed E-state index contributed by atoms with van der Waals surface area (Å²) >= 11 is 6.06. The maximum absolute atomic E-state index is 11.9. The molecule has 7 heteroatoms. The number of rotatable bonds is 6. The van der Waals surface area contributed by atoms with Gasteiger partial charge in [-0.1, -0.05) is 5.92 Å². The molecule has 1 heterocycles. The summed E-state index contributed by atoms with van der Waals surface area (Å²) in [6, 6.07) is 1.66. The SMILES string of the molecule is C#CCSCCNS(=O)(=O)c1cc(C)c(Br)s1. The zero-order chi connectivity index (χ0) is 12.9. The fourth-order valence-corrected chi connectivity index (χ4v) is 4.95. The zero-order valence-corrected chi connectivity index (χ0v) is 13.2. The third kappa shape index (κ3) is 4.64. The molecule has 0 saturated heterocycles. The number of nitrogens with one attached hydrogen (secondary N) is 1. The summed E-state index contributed by atoms with van der Waals surface area (Å²) in [5, 5.41) is 0. The van der Waals surface area contributed by atoms with Crippen LogP contribution in [0.3, 0.4) is 0 Å². The average Bonchev–Trinajstić information content (AvgIpc) is 2.60. The van der Waals surface area contributed by atoms with E-state index in [0.29, 0.717) is 22.3 Å². The molecule has 0 aliphatic rings. The van der Waals surface area contributed by atoms with Crippen molar-refractivity contribution in [1.29, 1.82) is 0 Å². The van der Waals surface area contributed by atoms with E-state index < -0.39 is 10.0 Å². The van der Waals surface area contributed by atoms with Gasteiger partial charge in [0.25, 0.3) is 0 Å². The Hall–Kier alpha value is -0.0000000000000000833. The largest absolute Gasteiger partial charge is 0.250 e. The van der Waals surface area contributed by atoms with Crippen molar-refractivity contribution in [2.45, 2.75) is 11.1 Å². The second-order valence-corrected chi connectivity index (χ2v) is 8.65. The van der Waals surface area contributed by atoms with Crippen molar-refractivity contribution in [3.63, 3.8) is 0 Å². The Morgan fingerprint density at radius 3 is 2.88 bits per heavy atom. The van der Waals surface area contributed by atoms with Crippen LogP contribution in [-0.4, -0.2) is 26.5 Å². The highest BCUT2D eigenvalue weighted by Crippen LogP contribution is 2.30. The highest BCUT2D eigenvalue weighted by Gasteiger charge is 2.17. The van der Waals surface area contributed by atoms with Crippen LogP contribution in [-0.2, 0) is 10.0 Å². The smallest absolute Gasteiger partial charge is 0.210 e. The first kappa shape index (κ1) is 15.1. The van der Waals surface area contributed by atoms with E-state index in [1.807, 2.05) is 6.92 Å². The summed E-state index contributed by atoms with van der Waals surface area (Å²) in [6.07, 6.45) is 5.09. The molecule has 0 amide bonds. The van der Waals surface area contributed by atoms with Crippen LogP contribution in [0.15, 0.2) is 14.1 Å². The van der Waals surface area contributed by atoms with Gasteiger partial charge in [-0.25, -0.2) is 13.1 Å². The number of thiophene rings is 1. The predicted molar refractivity (Wildman–Crippen MR) is 78.1 cm³/mol. The van der Waals surface area contributed by atoms with Crippen molar-refractivity contribution < 1.29 is 8.42 Å². The second-order valence-electron chi connectivity index (χ2n) is 3.18. The van der Waals surface area contributed by atoms with E-state index in [1.54, 1.807) is 6.07 Å². The van der Waals surface area contributed by atoms with Crippen molar-refractivity contribution in [2.24, 2.45) is 0 Å². The molecule has 94 valence electrons. The molecule has 1 N–H and O–H groups in total. The van der Waals surface area contributed by atoms with Crippen LogP contribution in [0.4, 0.5) is 0 Å². The van der Waals surface area contributed by atoms with Gasteiger partial charge in [0, 0.05) is 12.3 Å². The minimum absolute atomic E-state index is 0.337. The second kappa shape index (κ2) is 6.81. The highest BCUT2D eigenvalue weighted by atomic mass is 79.9. The molecule has 0 saturated carbocycles. The first-order valence-electron chi connectivity index (χ1n) is 4.74. The number of halogens is 1. The Kier molecular flexibility index (Phi) is 6.03. The monoisotopic (exact) mass is 353 g/mol. The van der Waals surface area contributed by atoms with Crippen LogP contribution in [0.2, 0.25) is 0 Å². The summed E-state index contributed by atoms with van der Waals surface area (Å²) in [5.74, 6) is 3.77. The first-order chi connectivity index (χ1) is 7.97. The first-order valence-corrected chi connectivity index (χ1v) is 8.99. The van der Waals surface area contributed by atoms with Gasteiger partial charge in [-0.05, 0) is 34.5 Å². The van der Waals surface area contributed by atoms with Gasteiger partial charge in [0.2, 0.25) is 10.0 Å². The van der Waals surface area contributed by atoms with Gasteiger partial charge >= 0.3 is 0 Å². The molecule has 1 aromatic heterocycles. The molecule has 0 unspecified atom stereocenters. The maximum atomic E-state index is 11.9. The fraction of sp³-hybridized carbons (Fsp3) is 0.400. The Bertz CT molecular complexity index is 497. The lowest BCUT2D eigenvalue weighted by Gasteiger charge is -2.03. The van der Waals surface area contributed by atoms with Crippen LogP contribution in [0.1, 0.15) is 5.56 Å². The van der Waals surface area contributed by atoms with E-state index >= 15 is 0 Å². The number of aryl methyl sites for hydroxylation is 1. The Labute approximate surface area is 119 Å². The molecule has 0 bridgehead atoms. The Morgan fingerprint density at radius 1 is 1.65 bits per heavy atom. The van der Waals surface area contributed by atoms with Gasteiger partial charge in [-0.2, -0.15) is 0 Å². The maximum Gasteiger partial charge on any atom is 0.250 e. The number of hydrogen-bond acceptors (Lipinski definition) is 4. The summed E-state index contributed by atoms with van der Waals surface area (Å²) < 4.78 is 27.4. The van der Waals surface area contributed by atoms with Gasteiger partial charge in [0.15, 0.2) is 0 Å². The van der Waals surface area contributed by atoms with Crippen molar-refractivity contribution in [3.8, 4) is 12.3 Å². The average molecular weight is 354 g/mol. The molecule has 1 rings (SSSR count). The van der Waals surface area contributed by atoms with Crippen molar-refractivity contribution in [3.05, 3.63) is 15.4 Å². The molecule has 0 fully saturated rings. The minimum atomic E-state index is -3.38. The molecule has 17 heavy (non-hydrogen) atoms. The van der Waals surface area contributed by atoms with Crippen LogP contribution >= 0.6 is 39.0 Å². The molecular formula is C10H12BrNO2S3. The molecule has 0 aromatic carbocycles.